The second-order valence-corrected chi connectivity index (χ2v) is 15.2. The largest absolute Gasteiger partial charge is 0.744 e. The second kappa shape index (κ2) is 28.8. The molecule has 0 aliphatic carbocycles. The first-order valence-electron chi connectivity index (χ1n) is 19.7. The van der Waals surface area contributed by atoms with Gasteiger partial charge in [0.15, 0.2) is 18.7 Å². The molecule has 2 unspecified atom stereocenters. The van der Waals surface area contributed by atoms with Gasteiger partial charge in [0.1, 0.15) is 22.8 Å². The van der Waals surface area contributed by atoms with Crippen LogP contribution in [0, 0.1) is 6.92 Å². The Balaban J connectivity index is 0.000000639. The van der Waals surface area contributed by atoms with Gasteiger partial charge in [-0.2, -0.15) is 0 Å². The van der Waals surface area contributed by atoms with E-state index in [9.17, 15) is 13.0 Å². The van der Waals surface area contributed by atoms with Crippen molar-refractivity contribution in [1.29, 1.82) is 0 Å². The monoisotopic (exact) mass is 703 g/mol. The number of pyridine rings is 1. The van der Waals surface area contributed by atoms with Crippen molar-refractivity contribution >= 4 is 10.1 Å². The summed E-state index contributed by atoms with van der Waals surface area (Å²) in [6, 6.07) is 12.0. The fourth-order valence-corrected chi connectivity index (χ4v) is 6.61. The Labute approximate surface area is 300 Å². The van der Waals surface area contributed by atoms with Crippen LogP contribution in [0.3, 0.4) is 0 Å². The standard InChI is InChI=1S/C34H62NO3.C7H8O3S/c1-2-3-4-5-6-7-8-9-10-11-12-13-14-15-16-17-21-26-34-37-32-33(38-34)31-36-30-25-19-18-22-27-35-28-23-20-24-29-35;1-6-2-4-7(5-3-6)11(8,9)10/h20,23-24,28-29,33-34H,2-19,21-22,25-27,30-32H2,1H3;2-5H,1H3,(H,8,9,10)/q+1;/p-1. The van der Waals surface area contributed by atoms with E-state index in [1.807, 2.05) is 6.92 Å². The molecule has 1 aliphatic heterocycles. The van der Waals surface area contributed by atoms with E-state index in [1.54, 1.807) is 12.1 Å². The minimum Gasteiger partial charge on any atom is -0.744 e. The lowest BCUT2D eigenvalue weighted by molar-refractivity contribution is -0.697. The number of unbranched alkanes of at least 4 members (excludes halogenated alkanes) is 19. The molecule has 1 aromatic carbocycles. The highest BCUT2D eigenvalue weighted by molar-refractivity contribution is 7.85. The average molecular weight is 704 g/mol. The van der Waals surface area contributed by atoms with Gasteiger partial charge in [0, 0.05) is 25.2 Å². The summed E-state index contributed by atoms with van der Waals surface area (Å²) >= 11 is 0. The molecule has 0 radical (unpaired) electrons. The Morgan fingerprint density at radius 2 is 1.22 bits per heavy atom. The molecule has 8 heteroatoms. The number of hydrogen-bond acceptors (Lipinski definition) is 6. The van der Waals surface area contributed by atoms with Gasteiger partial charge < -0.3 is 18.8 Å². The summed E-state index contributed by atoms with van der Waals surface area (Å²) in [6.45, 7) is 7.43. The zero-order valence-electron chi connectivity index (χ0n) is 31.0. The highest BCUT2D eigenvalue weighted by Crippen LogP contribution is 2.19. The van der Waals surface area contributed by atoms with Gasteiger partial charge in [-0.1, -0.05) is 140 Å². The molecule has 3 rings (SSSR count). The maximum atomic E-state index is 10.4. The second-order valence-electron chi connectivity index (χ2n) is 13.8. The first kappa shape index (κ1) is 43.3. The summed E-state index contributed by atoms with van der Waals surface area (Å²) in [5, 5.41) is 0. The summed E-state index contributed by atoms with van der Waals surface area (Å²) in [7, 11) is -4.27. The van der Waals surface area contributed by atoms with Crippen LogP contribution in [0.1, 0.15) is 154 Å². The topological polar surface area (TPSA) is 88.8 Å². The van der Waals surface area contributed by atoms with Crippen LogP contribution in [0.5, 0.6) is 0 Å². The molecule has 2 aromatic rings. The van der Waals surface area contributed by atoms with Crippen LogP contribution in [0.2, 0.25) is 0 Å². The van der Waals surface area contributed by atoms with Gasteiger partial charge in [-0.25, -0.2) is 13.0 Å². The third-order valence-corrected chi connectivity index (χ3v) is 10.1. The first-order valence-corrected chi connectivity index (χ1v) is 21.1. The highest BCUT2D eigenvalue weighted by Gasteiger charge is 2.25. The molecule has 0 saturated carbocycles. The lowest BCUT2D eigenvalue weighted by atomic mass is 10.0. The van der Waals surface area contributed by atoms with Crippen LogP contribution < -0.4 is 4.57 Å². The third kappa shape index (κ3) is 24.1. The van der Waals surface area contributed by atoms with Gasteiger partial charge in [0.25, 0.3) is 0 Å². The molecule has 1 aromatic heterocycles. The Bertz CT molecular complexity index is 1130. The first-order chi connectivity index (χ1) is 23.9. The predicted molar refractivity (Wildman–Crippen MR) is 198 cm³/mol. The zero-order chi connectivity index (χ0) is 35.3. The van der Waals surface area contributed by atoms with Crippen LogP contribution in [0.15, 0.2) is 59.8 Å². The van der Waals surface area contributed by atoms with Crippen LogP contribution in [-0.4, -0.2) is 45.2 Å². The fraction of sp³-hybridized carbons (Fsp3) is 0.732. The molecule has 1 fully saturated rings. The van der Waals surface area contributed by atoms with E-state index < -0.39 is 10.1 Å². The van der Waals surface area contributed by atoms with E-state index in [1.165, 1.54) is 141 Å². The number of aryl methyl sites for hydroxylation is 2. The van der Waals surface area contributed by atoms with E-state index in [-0.39, 0.29) is 17.3 Å². The molecular formula is C41H69NO6S. The number of nitrogens with zero attached hydrogens (tertiary/aromatic N) is 1. The molecule has 0 N–H and O–H groups in total. The summed E-state index contributed by atoms with van der Waals surface area (Å²) in [5.41, 5.74) is 0.928. The molecule has 2 heterocycles. The molecule has 1 saturated heterocycles. The Kier molecular flexibility index (Phi) is 25.5. The molecule has 49 heavy (non-hydrogen) atoms. The molecular weight excluding hydrogens is 635 g/mol. The Hall–Kier alpha value is -1.84. The van der Waals surface area contributed by atoms with E-state index in [2.05, 4.69) is 42.1 Å². The summed E-state index contributed by atoms with van der Waals surface area (Å²) in [5.74, 6) is 0. The lowest BCUT2D eigenvalue weighted by Crippen LogP contribution is -2.32. The van der Waals surface area contributed by atoms with Crippen molar-refractivity contribution in [2.24, 2.45) is 0 Å². The Morgan fingerprint density at radius 3 is 1.78 bits per heavy atom. The van der Waals surface area contributed by atoms with Crippen LogP contribution >= 0.6 is 0 Å². The van der Waals surface area contributed by atoms with Gasteiger partial charge in [-0.15, -0.1) is 0 Å². The SMILES string of the molecule is CCCCCCCCCCCCCCCCCCCC1OCC(COCCCCCC[n+]2ccccc2)O1.Cc1ccc(S(=O)(=O)[O-])cc1. The fourth-order valence-electron chi connectivity index (χ4n) is 6.14. The normalized spacial score (nSPS) is 16.1. The van der Waals surface area contributed by atoms with Crippen molar-refractivity contribution in [3.05, 3.63) is 60.4 Å². The van der Waals surface area contributed by atoms with Gasteiger partial charge in [-0.3, -0.25) is 0 Å². The minimum atomic E-state index is -4.27. The van der Waals surface area contributed by atoms with E-state index in [4.69, 9.17) is 14.2 Å². The van der Waals surface area contributed by atoms with Crippen LogP contribution in [-0.2, 0) is 30.9 Å². The average Bonchev–Trinajstić information content (AvgIpc) is 3.55. The number of aromatic nitrogens is 1. The Morgan fingerprint density at radius 1 is 0.714 bits per heavy atom. The molecule has 0 amide bonds. The smallest absolute Gasteiger partial charge is 0.168 e. The minimum absolute atomic E-state index is 0.00423. The van der Waals surface area contributed by atoms with E-state index in [0.29, 0.717) is 13.2 Å². The number of benzene rings is 1. The van der Waals surface area contributed by atoms with Crippen molar-refractivity contribution in [2.45, 2.75) is 179 Å². The maximum Gasteiger partial charge on any atom is 0.168 e. The van der Waals surface area contributed by atoms with Gasteiger partial charge in [-0.05, 0) is 44.7 Å². The molecule has 0 spiro atoms. The van der Waals surface area contributed by atoms with Crippen molar-refractivity contribution in [2.75, 3.05) is 19.8 Å². The van der Waals surface area contributed by atoms with Crippen molar-refractivity contribution in [3.8, 4) is 0 Å². The zero-order valence-corrected chi connectivity index (χ0v) is 31.9. The maximum absolute atomic E-state index is 10.4. The number of hydrogen-bond donors (Lipinski definition) is 0. The summed E-state index contributed by atoms with van der Waals surface area (Å²) in [6.07, 6.45) is 34.3. The predicted octanol–water partition coefficient (Wildman–Crippen LogP) is 10.2. The highest BCUT2D eigenvalue weighted by atomic mass is 32.2. The van der Waals surface area contributed by atoms with Crippen LogP contribution in [0.4, 0.5) is 0 Å². The molecule has 1 aliphatic rings. The summed E-state index contributed by atoms with van der Waals surface area (Å²) in [4.78, 5) is -0.178. The van der Waals surface area contributed by atoms with E-state index >= 15 is 0 Å². The van der Waals surface area contributed by atoms with Crippen molar-refractivity contribution in [1.82, 2.24) is 0 Å². The van der Waals surface area contributed by atoms with Gasteiger partial charge in [0.05, 0.1) is 18.1 Å². The van der Waals surface area contributed by atoms with Crippen molar-refractivity contribution in [3.63, 3.8) is 0 Å². The van der Waals surface area contributed by atoms with Crippen LogP contribution in [0.25, 0.3) is 0 Å². The molecule has 0 bridgehead atoms. The van der Waals surface area contributed by atoms with Gasteiger partial charge >= 0.3 is 0 Å². The number of ether oxygens (including phenoxy) is 3. The molecule has 280 valence electrons. The van der Waals surface area contributed by atoms with E-state index in [0.717, 1.165) is 31.6 Å². The molecule has 7 nitrogen and oxygen atoms in total. The lowest BCUT2D eigenvalue weighted by Gasteiger charge is -2.12. The third-order valence-electron chi connectivity index (χ3n) is 9.20. The van der Waals surface area contributed by atoms with Crippen molar-refractivity contribution < 1.29 is 31.7 Å². The number of rotatable bonds is 28. The molecule has 2 atom stereocenters. The summed E-state index contributed by atoms with van der Waals surface area (Å²) < 4.78 is 51.2. The quantitative estimate of drug-likeness (QED) is 0.0498. The van der Waals surface area contributed by atoms with Gasteiger partial charge in [0.2, 0.25) is 0 Å².